The second kappa shape index (κ2) is 6.00. The van der Waals surface area contributed by atoms with Crippen molar-refractivity contribution >= 4 is 5.71 Å². The second-order valence-electron chi connectivity index (χ2n) is 3.57. The first-order valence-corrected chi connectivity index (χ1v) is 5.34. The molecule has 0 heterocycles. The minimum absolute atomic E-state index is 0.0595. The number of ether oxygens (including phenoxy) is 1. The Labute approximate surface area is 95.2 Å². The molecule has 4 heteroatoms. The zero-order chi connectivity index (χ0) is 12.0. The van der Waals surface area contributed by atoms with Gasteiger partial charge in [0.15, 0.2) is 0 Å². The largest absolute Gasteiger partial charge is 0.507 e. The molecule has 0 fully saturated rings. The van der Waals surface area contributed by atoms with Gasteiger partial charge in [0.2, 0.25) is 0 Å². The molecule has 0 radical (unpaired) electrons. The van der Waals surface area contributed by atoms with Crippen LogP contribution in [0.15, 0.2) is 23.4 Å². The predicted octanol–water partition coefficient (Wildman–Crippen LogP) is 2.77. The molecule has 0 amide bonds. The second-order valence-corrected chi connectivity index (χ2v) is 3.57. The zero-order valence-electron chi connectivity index (χ0n) is 9.60. The third-order valence-electron chi connectivity index (χ3n) is 2.28. The summed E-state index contributed by atoms with van der Waals surface area (Å²) >= 11 is 0. The van der Waals surface area contributed by atoms with Crippen LogP contribution in [-0.2, 0) is 0 Å². The fraction of sp³-hybridized carbons (Fsp3) is 0.417. The lowest BCUT2D eigenvalue weighted by Crippen LogP contribution is -1.99. The highest BCUT2D eigenvalue weighted by molar-refractivity contribution is 6.00. The van der Waals surface area contributed by atoms with Gasteiger partial charge in [-0.25, -0.2) is 0 Å². The SMILES string of the molecule is CCCCOc1ccc(/C(C)=N/O)c(O)c1. The monoisotopic (exact) mass is 223 g/mol. The number of unbranched alkanes of at least 4 members (excludes halogenated alkanes) is 1. The summed E-state index contributed by atoms with van der Waals surface area (Å²) < 4.78 is 5.43. The van der Waals surface area contributed by atoms with Crippen LogP contribution in [0.25, 0.3) is 0 Å². The number of benzene rings is 1. The Balaban J connectivity index is 2.75. The van der Waals surface area contributed by atoms with Crippen LogP contribution < -0.4 is 4.74 Å². The first-order chi connectivity index (χ1) is 7.69. The molecule has 2 N–H and O–H groups in total. The Morgan fingerprint density at radius 2 is 2.19 bits per heavy atom. The van der Waals surface area contributed by atoms with Gasteiger partial charge in [0.25, 0.3) is 0 Å². The first kappa shape index (κ1) is 12.4. The van der Waals surface area contributed by atoms with Gasteiger partial charge in [-0.2, -0.15) is 0 Å². The maximum absolute atomic E-state index is 9.68. The van der Waals surface area contributed by atoms with Crippen molar-refractivity contribution in [2.45, 2.75) is 26.7 Å². The molecular weight excluding hydrogens is 206 g/mol. The summed E-state index contributed by atoms with van der Waals surface area (Å²) in [5.41, 5.74) is 0.878. The van der Waals surface area contributed by atoms with Gasteiger partial charge in [0.05, 0.1) is 12.3 Å². The number of hydrogen-bond donors (Lipinski definition) is 2. The Kier molecular flexibility index (Phi) is 4.64. The van der Waals surface area contributed by atoms with Crippen LogP contribution in [0.3, 0.4) is 0 Å². The lowest BCUT2D eigenvalue weighted by atomic mass is 10.1. The summed E-state index contributed by atoms with van der Waals surface area (Å²) in [5.74, 6) is 0.685. The van der Waals surface area contributed by atoms with Crippen LogP contribution in [0.2, 0.25) is 0 Å². The van der Waals surface area contributed by atoms with E-state index in [-0.39, 0.29) is 5.75 Å². The standard InChI is InChI=1S/C12H17NO3/c1-3-4-7-16-10-5-6-11(9(2)13-15)12(14)8-10/h5-6,8,14-15H,3-4,7H2,1-2H3/b13-9+. The van der Waals surface area contributed by atoms with Gasteiger partial charge in [-0.15, -0.1) is 0 Å². The molecule has 0 saturated heterocycles. The average Bonchev–Trinajstić information content (AvgIpc) is 2.29. The molecule has 88 valence electrons. The van der Waals surface area contributed by atoms with Crippen molar-refractivity contribution in [3.63, 3.8) is 0 Å². The van der Waals surface area contributed by atoms with E-state index in [4.69, 9.17) is 9.94 Å². The van der Waals surface area contributed by atoms with Crippen LogP contribution >= 0.6 is 0 Å². The quantitative estimate of drug-likeness (QED) is 0.349. The molecule has 0 saturated carbocycles. The van der Waals surface area contributed by atoms with Gasteiger partial charge < -0.3 is 15.1 Å². The number of oxime groups is 1. The Morgan fingerprint density at radius 3 is 2.75 bits per heavy atom. The van der Waals surface area contributed by atoms with E-state index < -0.39 is 0 Å². The third-order valence-corrected chi connectivity index (χ3v) is 2.28. The molecule has 0 bridgehead atoms. The Morgan fingerprint density at radius 1 is 1.44 bits per heavy atom. The Hall–Kier alpha value is -1.71. The summed E-state index contributed by atoms with van der Waals surface area (Å²) in [7, 11) is 0. The molecule has 1 rings (SSSR count). The number of phenolic OH excluding ortho intramolecular Hbond substituents is 1. The molecule has 0 spiro atoms. The van der Waals surface area contributed by atoms with Gasteiger partial charge in [-0.05, 0) is 25.5 Å². The molecule has 0 unspecified atom stereocenters. The maximum Gasteiger partial charge on any atom is 0.128 e. The number of hydrogen-bond acceptors (Lipinski definition) is 4. The minimum Gasteiger partial charge on any atom is -0.507 e. The number of rotatable bonds is 5. The number of nitrogens with zero attached hydrogens (tertiary/aromatic N) is 1. The van der Waals surface area contributed by atoms with E-state index in [0.29, 0.717) is 23.6 Å². The molecule has 16 heavy (non-hydrogen) atoms. The summed E-state index contributed by atoms with van der Waals surface area (Å²) in [6, 6.07) is 4.95. The molecule has 1 aromatic carbocycles. The van der Waals surface area contributed by atoms with Gasteiger partial charge in [0, 0.05) is 11.6 Å². The topological polar surface area (TPSA) is 62.0 Å². The highest BCUT2D eigenvalue weighted by Gasteiger charge is 2.06. The van der Waals surface area contributed by atoms with Gasteiger partial charge >= 0.3 is 0 Å². The van der Waals surface area contributed by atoms with E-state index in [0.717, 1.165) is 12.8 Å². The van der Waals surface area contributed by atoms with Crippen molar-refractivity contribution in [1.29, 1.82) is 0 Å². The van der Waals surface area contributed by atoms with Crippen LogP contribution in [0.1, 0.15) is 32.3 Å². The van der Waals surface area contributed by atoms with Crippen molar-refractivity contribution in [2.24, 2.45) is 5.16 Å². The fourth-order valence-electron chi connectivity index (χ4n) is 1.30. The summed E-state index contributed by atoms with van der Waals surface area (Å²) in [5, 5.41) is 21.3. The van der Waals surface area contributed by atoms with E-state index >= 15 is 0 Å². The van der Waals surface area contributed by atoms with E-state index in [1.807, 2.05) is 0 Å². The molecule has 0 aromatic heterocycles. The van der Waals surface area contributed by atoms with E-state index in [2.05, 4.69) is 12.1 Å². The first-order valence-electron chi connectivity index (χ1n) is 5.34. The van der Waals surface area contributed by atoms with Crippen molar-refractivity contribution in [1.82, 2.24) is 0 Å². The van der Waals surface area contributed by atoms with E-state index in [9.17, 15) is 5.11 Å². The number of phenols is 1. The highest BCUT2D eigenvalue weighted by atomic mass is 16.5. The lowest BCUT2D eigenvalue weighted by Gasteiger charge is -2.08. The van der Waals surface area contributed by atoms with Gasteiger partial charge in [-0.1, -0.05) is 18.5 Å². The van der Waals surface area contributed by atoms with Crippen LogP contribution in [0, 0.1) is 0 Å². The molecule has 0 aliphatic carbocycles. The zero-order valence-corrected chi connectivity index (χ0v) is 9.60. The smallest absolute Gasteiger partial charge is 0.128 e. The summed E-state index contributed by atoms with van der Waals surface area (Å²) in [4.78, 5) is 0. The lowest BCUT2D eigenvalue weighted by molar-refractivity contribution is 0.307. The molecular formula is C12H17NO3. The van der Waals surface area contributed by atoms with Crippen molar-refractivity contribution in [2.75, 3.05) is 6.61 Å². The molecule has 0 aliphatic heterocycles. The Bertz CT molecular complexity index is 375. The van der Waals surface area contributed by atoms with Crippen LogP contribution in [-0.4, -0.2) is 22.6 Å². The van der Waals surface area contributed by atoms with Crippen LogP contribution in [0.5, 0.6) is 11.5 Å². The fourth-order valence-corrected chi connectivity index (χ4v) is 1.30. The summed E-state index contributed by atoms with van der Waals surface area (Å²) in [6.07, 6.45) is 2.06. The molecule has 4 nitrogen and oxygen atoms in total. The van der Waals surface area contributed by atoms with Gasteiger partial charge in [-0.3, -0.25) is 0 Å². The maximum atomic E-state index is 9.68. The summed E-state index contributed by atoms with van der Waals surface area (Å²) in [6.45, 7) is 4.35. The molecule has 0 atom stereocenters. The highest BCUT2D eigenvalue weighted by Crippen LogP contribution is 2.24. The number of aromatic hydroxyl groups is 1. The van der Waals surface area contributed by atoms with Crippen molar-refractivity contribution < 1.29 is 15.1 Å². The van der Waals surface area contributed by atoms with E-state index in [1.165, 1.54) is 6.07 Å². The third kappa shape index (κ3) is 3.15. The average molecular weight is 223 g/mol. The predicted molar refractivity (Wildman–Crippen MR) is 62.5 cm³/mol. The van der Waals surface area contributed by atoms with Gasteiger partial charge in [0.1, 0.15) is 11.5 Å². The molecule has 1 aromatic rings. The van der Waals surface area contributed by atoms with Crippen molar-refractivity contribution in [3.05, 3.63) is 23.8 Å². The molecule has 0 aliphatic rings. The minimum atomic E-state index is 0.0595. The van der Waals surface area contributed by atoms with Crippen molar-refractivity contribution in [3.8, 4) is 11.5 Å². The van der Waals surface area contributed by atoms with Crippen LogP contribution in [0.4, 0.5) is 0 Å². The van der Waals surface area contributed by atoms with E-state index in [1.54, 1.807) is 19.1 Å². The normalized spacial score (nSPS) is 11.5.